The summed E-state index contributed by atoms with van der Waals surface area (Å²) in [5, 5.41) is 13.3. The molecule has 21 heavy (non-hydrogen) atoms. The van der Waals surface area contributed by atoms with Crippen LogP contribution in [0, 0.1) is 0 Å². The number of rotatable bonds is 5. The van der Waals surface area contributed by atoms with E-state index in [1.54, 1.807) is 23.7 Å². The van der Waals surface area contributed by atoms with E-state index in [2.05, 4.69) is 9.97 Å². The average molecular weight is 296 g/mol. The number of hydrogen-bond acceptors (Lipinski definition) is 4. The molecule has 4 heteroatoms. The third kappa shape index (κ3) is 3.74. The van der Waals surface area contributed by atoms with Crippen LogP contribution >= 0.6 is 11.3 Å². The van der Waals surface area contributed by atoms with E-state index in [1.807, 2.05) is 47.8 Å². The molecule has 0 radical (unpaired) electrons. The fourth-order valence-corrected chi connectivity index (χ4v) is 3.03. The summed E-state index contributed by atoms with van der Waals surface area (Å²) in [5.74, 6) is 0. The predicted octanol–water partition coefficient (Wildman–Crippen LogP) is 3.41. The highest BCUT2D eigenvalue weighted by Gasteiger charge is 2.11. The molecule has 1 N–H and O–H groups in total. The number of pyridine rings is 1. The first-order valence-corrected chi connectivity index (χ1v) is 7.74. The van der Waals surface area contributed by atoms with Gasteiger partial charge in [-0.2, -0.15) is 0 Å². The molecular formula is C17H16N2OS. The van der Waals surface area contributed by atoms with Crippen LogP contribution in [-0.4, -0.2) is 15.1 Å². The normalized spacial score (nSPS) is 12.2. The number of hydrogen-bond donors (Lipinski definition) is 1. The number of aliphatic hydroxyl groups excluding tert-OH is 1. The summed E-state index contributed by atoms with van der Waals surface area (Å²) in [6.07, 6.45) is 4.46. The van der Waals surface area contributed by atoms with Crippen molar-refractivity contribution in [2.45, 2.75) is 18.9 Å². The van der Waals surface area contributed by atoms with E-state index in [1.165, 1.54) is 5.56 Å². The summed E-state index contributed by atoms with van der Waals surface area (Å²) in [4.78, 5) is 8.62. The predicted molar refractivity (Wildman–Crippen MR) is 84.3 cm³/mol. The van der Waals surface area contributed by atoms with Crippen molar-refractivity contribution >= 4 is 11.3 Å². The Kier molecular flexibility index (Phi) is 4.38. The van der Waals surface area contributed by atoms with Crippen molar-refractivity contribution in [2.75, 3.05) is 0 Å². The molecule has 2 heterocycles. The Hall–Kier alpha value is -2.04. The number of nitrogens with zero attached hydrogens (tertiary/aromatic N) is 2. The van der Waals surface area contributed by atoms with E-state index in [4.69, 9.17) is 0 Å². The van der Waals surface area contributed by atoms with Gasteiger partial charge < -0.3 is 5.11 Å². The molecule has 0 amide bonds. The van der Waals surface area contributed by atoms with Crippen LogP contribution in [0.5, 0.6) is 0 Å². The van der Waals surface area contributed by atoms with Gasteiger partial charge in [-0.05, 0) is 23.3 Å². The second-order valence-electron chi connectivity index (χ2n) is 4.90. The highest BCUT2D eigenvalue weighted by molar-refractivity contribution is 7.09. The van der Waals surface area contributed by atoms with Crippen molar-refractivity contribution in [2.24, 2.45) is 0 Å². The fourth-order valence-electron chi connectivity index (χ4n) is 2.19. The van der Waals surface area contributed by atoms with Gasteiger partial charge in [-0.25, -0.2) is 4.98 Å². The lowest BCUT2D eigenvalue weighted by atomic mass is 10.1. The fraction of sp³-hybridized carbons (Fsp3) is 0.176. The molecule has 1 unspecified atom stereocenters. The van der Waals surface area contributed by atoms with E-state index in [0.717, 1.165) is 22.7 Å². The standard InChI is InChI=1S/C17H16N2OS/c20-16(14-4-2-1-3-5-14)11-15-12-21-17(19-15)10-13-6-8-18-9-7-13/h1-9,12,16,20H,10-11H2. The SMILES string of the molecule is OC(Cc1csc(Cc2ccncc2)n1)c1ccccc1. The first kappa shape index (κ1) is 13.9. The van der Waals surface area contributed by atoms with Crippen LogP contribution in [0.3, 0.4) is 0 Å². The van der Waals surface area contributed by atoms with Gasteiger partial charge in [0.2, 0.25) is 0 Å². The highest BCUT2D eigenvalue weighted by Crippen LogP contribution is 2.20. The molecule has 0 bridgehead atoms. The van der Waals surface area contributed by atoms with Crippen LogP contribution in [0.2, 0.25) is 0 Å². The quantitative estimate of drug-likeness (QED) is 0.785. The Bertz CT molecular complexity index is 682. The maximum Gasteiger partial charge on any atom is 0.0972 e. The molecule has 0 aliphatic heterocycles. The second kappa shape index (κ2) is 6.61. The lowest BCUT2D eigenvalue weighted by molar-refractivity contribution is 0.177. The van der Waals surface area contributed by atoms with Crippen LogP contribution in [-0.2, 0) is 12.8 Å². The van der Waals surface area contributed by atoms with Crippen LogP contribution in [0.4, 0.5) is 0 Å². The zero-order chi connectivity index (χ0) is 14.5. The smallest absolute Gasteiger partial charge is 0.0972 e. The molecule has 0 saturated heterocycles. The summed E-state index contributed by atoms with van der Waals surface area (Å²) in [6.45, 7) is 0. The van der Waals surface area contributed by atoms with Gasteiger partial charge >= 0.3 is 0 Å². The molecule has 0 fully saturated rings. The molecule has 0 saturated carbocycles. The first-order valence-electron chi connectivity index (χ1n) is 6.86. The topological polar surface area (TPSA) is 46.0 Å². The van der Waals surface area contributed by atoms with Gasteiger partial charge in [0.1, 0.15) is 0 Å². The minimum Gasteiger partial charge on any atom is -0.388 e. The number of benzene rings is 1. The number of aliphatic hydroxyl groups is 1. The molecule has 0 aliphatic rings. The van der Waals surface area contributed by atoms with Gasteiger partial charge in [0.25, 0.3) is 0 Å². The van der Waals surface area contributed by atoms with Crippen molar-refractivity contribution in [3.05, 3.63) is 82.1 Å². The van der Waals surface area contributed by atoms with Crippen molar-refractivity contribution in [1.29, 1.82) is 0 Å². The van der Waals surface area contributed by atoms with Crippen molar-refractivity contribution in [3.8, 4) is 0 Å². The van der Waals surface area contributed by atoms with E-state index < -0.39 is 6.10 Å². The highest BCUT2D eigenvalue weighted by atomic mass is 32.1. The Morgan fingerprint density at radius 2 is 1.81 bits per heavy atom. The molecule has 1 aromatic carbocycles. The van der Waals surface area contributed by atoms with Crippen molar-refractivity contribution < 1.29 is 5.11 Å². The first-order chi connectivity index (χ1) is 10.3. The van der Waals surface area contributed by atoms with Crippen molar-refractivity contribution in [3.63, 3.8) is 0 Å². The van der Waals surface area contributed by atoms with E-state index in [0.29, 0.717) is 6.42 Å². The van der Waals surface area contributed by atoms with Gasteiger partial charge in [-0.3, -0.25) is 4.98 Å². The molecular weight excluding hydrogens is 280 g/mol. The summed E-state index contributed by atoms with van der Waals surface area (Å²) < 4.78 is 0. The monoisotopic (exact) mass is 296 g/mol. The van der Waals surface area contributed by atoms with Crippen molar-refractivity contribution in [1.82, 2.24) is 9.97 Å². The zero-order valence-corrected chi connectivity index (χ0v) is 12.3. The molecule has 0 aliphatic carbocycles. The number of aromatic nitrogens is 2. The summed E-state index contributed by atoms with van der Waals surface area (Å²) in [7, 11) is 0. The van der Waals surface area contributed by atoms with Gasteiger partial charge in [-0.1, -0.05) is 30.3 Å². The lowest BCUT2D eigenvalue weighted by Crippen LogP contribution is -2.02. The summed E-state index contributed by atoms with van der Waals surface area (Å²) in [6, 6.07) is 13.7. The van der Waals surface area contributed by atoms with E-state index >= 15 is 0 Å². The number of thiazole rings is 1. The summed E-state index contributed by atoms with van der Waals surface area (Å²) in [5.41, 5.74) is 3.08. The zero-order valence-electron chi connectivity index (χ0n) is 11.5. The molecule has 106 valence electrons. The Labute approximate surface area is 128 Å². The third-order valence-corrected chi connectivity index (χ3v) is 4.19. The lowest BCUT2D eigenvalue weighted by Gasteiger charge is -2.08. The van der Waals surface area contributed by atoms with Gasteiger partial charge in [0.15, 0.2) is 0 Å². The average Bonchev–Trinajstić information content (AvgIpc) is 2.96. The van der Waals surface area contributed by atoms with Gasteiger partial charge in [0.05, 0.1) is 16.8 Å². The van der Waals surface area contributed by atoms with Crippen LogP contribution in [0.25, 0.3) is 0 Å². The largest absolute Gasteiger partial charge is 0.388 e. The second-order valence-corrected chi connectivity index (χ2v) is 5.84. The minimum atomic E-state index is -0.498. The van der Waals surface area contributed by atoms with Gasteiger partial charge in [-0.15, -0.1) is 11.3 Å². The minimum absolute atomic E-state index is 0.498. The Morgan fingerprint density at radius 3 is 2.57 bits per heavy atom. The Balaban J connectivity index is 1.65. The van der Waals surface area contributed by atoms with Crippen LogP contribution in [0.1, 0.15) is 27.9 Å². The van der Waals surface area contributed by atoms with E-state index in [-0.39, 0.29) is 0 Å². The third-order valence-electron chi connectivity index (χ3n) is 3.29. The molecule has 1 atom stereocenters. The Morgan fingerprint density at radius 1 is 1.05 bits per heavy atom. The molecule has 3 aromatic rings. The van der Waals surface area contributed by atoms with Gasteiger partial charge in [0, 0.05) is 30.6 Å². The maximum atomic E-state index is 10.2. The van der Waals surface area contributed by atoms with Crippen LogP contribution < -0.4 is 0 Å². The maximum absolute atomic E-state index is 10.2. The van der Waals surface area contributed by atoms with E-state index in [9.17, 15) is 5.11 Å². The molecule has 2 aromatic heterocycles. The summed E-state index contributed by atoms with van der Waals surface area (Å²) >= 11 is 1.64. The van der Waals surface area contributed by atoms with Crippen LogP contribution in [0.15, 0.2) is 60.2 Å². The molecule has 0 spiro atoms. The molecule has 3 nitrogen and oxygen atoms in total. The molecule has 3 rings (SSSR count).